The van der Waals surface area contributed by atoms with Gasteiger partial charge in [-0.3, -0.25) is 0 Å². The van der Waals surface area contributed by atoms with Crippen molar-refractivity contribution in [3.63, 3.8) is 0 Å². The molecule has 1 fully saturated rings. The third-order valence-corrected chi connectivity index (χ3v) is 4.26. The van der Waals surface area contributed by atoms with Crippen LogP contribution in [0, 0.1) is 0 Å². The lowest BCUT2D eigenvalue weighted by molar-refractivity contribution is 0.602. The van der Waals surface area contributed by atoms with Gasteiger partial charge in [0.15, 0.2) is 9.84 Å². The van der Waals surface area contributed by atoms with Gasteiger partial charge in [-0.25, -0.2) is 8.42 Å². The number of benzene rings is 1. The van der Waals surface area contributed by atoms with Gasteiger partial charge in [-0.1, -0.05) is 6.07 Å². The summed E-state index contributed by atoms with van der Waals surface area (Å²) in [6.45, 7) is 0. The Morgan fingerprint density at radius 3 is 2.80 bits per heavy atom. The average Bonchev–Trinajstić information content (AvgIpc) is 2.45. The molecular weight excluding hydrogens is 212 g/mol. The zero-order valence-corrected chi connectivity index (χ0v) is 9.13. The maximum Gasteiger partial charge on any atom is 0.152 e. The summed E-state index contributed by atoms with van der Waals surface area (Å²) in [6.07, 6.45) is 0.678. The fourth-order valence-electron chi connectivity index (χ4n) is 1.77. The van der Waals surface area contributed by atoms with E-state index in [0.717, 1.165) is 5.69 Å². The molecule has 4 nitrogen and oxygen atoms in total. The first kappa shape index (κ1) is 10.3. The highest BCUT2D eigenvalue weighted by atomic mass is 32.2. The molecule has 0 aromatic heterocycles. The molecule has 2 rings (SSSR count). The standard InChI is InChI=1S/C10H14N2O2S/c11-8-2-1-3-9(6-8)12-10-4-5-15(13,14)7-10/h1-3,6,10,12H,4-5,7,11H2. The van der Waals surface area contributed by atoms with Crippen LogP contribution in [0.3, 0.4) is 0 Å². The van der Waals surface area contributed by atoms with E-state index in [0.29, 0.717) is 12.1 Å². The Hall–Kier alpha value is -1.23. The van der Waals surface area contributed by atoms with Crippen LogP contribution in [0.25, 0.3) is 0 Å². The normalized spacial score (nSPS) is 23.9. The van der Waals surface area contributed by atoms with E-state index in [4.69, 9.17) is 5.73 Å². The predicted molar refractivity (Wildman–Crippen MR) is 61.5 cm³/mol. The Bertz CT molecular complexity index is 456. The first-order valence-electron chi connectivity index (χ1n) is 4.88. The monoisotopic (exact) mass is 226 g/mol. The molecule has 1 aliphatic rings. The summed E-state index contributed by atoms with van der Waals surface area (Å²) in [5.41, 5.74) is 7.20. The van der Waals surface area contributed by atoms with Crippen LogP contribution in [0.15, 0.2) is 24.3 Å². The van der Waals surface area contributed by atoms with E-state index in [-0.39, 0.29) is 17.5 Å². The molecule has 5 heteroatoms. The molecule has 0 saturated carbocycles. The van der Waals surface area contributed by atoms with Gasteiger partial charge in [0.1, 0.15) is 0 Å². The molecule has 0 amide bonds. The quantitative estimate of drug-likeness (QED) is 0.734. The number of hydrogen-bond acceptors (Lipinski definition) is 4. The lowest BCUT2D eigenvalue weighted by atomic mass is 10.2. The van der Waals surface area contributed by atoms with Crippen LogP contribution in [0.2, 0.25) is 0 Å². The van der Waals surface area contributed by atoms with Crippen LogP contribution in [-0.4, -0.2) is 26.0 Å². The topological polar surface area (TPSA) is 72.2 Å². The summed E-state index contributed by atoms with van der Waals surface area (Å²) in [6, 6.07) is 7.38. The lowest BCUT2D eigenvalue weighted by Crippen LogP contribution is -2.20. The van der Waals surface area contributed by atoms with Crippen molar-refractivity contribution in [2.75, 3.05) is 22.6 Å². The zero-order valence-electron chi connectivity index (χ0n) is 8.31. The molecule has 1 aromatic rings. The molecule has 0 bridgehead atoms. The van der Waals surface area contributed by atoms with Crippen LogP contribution in [0.1, 0.15) is 6.42 Å². The Balaban J connectivity index is 2.05. The summed E-state index contributed by atoms with van der Waals surface area (Å²) in [7, 11) is -2.82. The molecule has 1 unspecified atom stereocenters. The van der Waals surface area contributed by atoms with E-state index in [1.807, 2.05) is 18.2 Å². The minimum atomic E-state index is -2.82. The van der Waals surface area contributed by atoms with Gasteiger partial charge >= 0.3 is 0 Å². The van der Waals surface area contributed by atoms with Crippen molar-refractivity contribution in [3.05, 3.63) is 24.3 Å². The van der Waals surface area contributed by atoms with E-state index in [9.17, 15) is 8.42 Å². The second-order valence-corrected chi connectivity index (χ2v) is 6.10. The summed E-state index contributed by atoms with van der Waals surface area (Å²) < 4.78 is 22.5. The van der Waals surface area contributed by atoms with Gasteiger partial charge in [0.05, 0.1) is 11.5 Å². The number of nitrogens with two attached hydrogens (primary N) is 1. The van der Waals surface area contributed by atoms with Crippen molar-refractivity contribution in [1.29, 1.82) is 0 Å². The van der Waals surface area contributed by atoms with E-state index in [1.165, 1.54) is 0 Å². The molecule has 0 radical (unpaired) electrons. The maximum atomic E-state index is 11.2. The van der Waals surface area contributed by atoms with Gasteiger partial charge in [-0.15, -0.1) is 0 Å². The summed E-state index contributed by atoms with van der Waals surface area (Å²) in [5.74, 6) is 0.509. The molecule has 1 heterocycles. The first-order valence-corrected chi connectivity index (χ1v) is 6.70. The fraction of sp³-hybridized carbons (Fsp3) is 0.400. The minimum absolute atomic E-state index is 0.0248. The van der Waals surface area contributed by atoms with Crippen LogP contribution in [-0.2, 0) is 9.84 Å². The smallest absolute Gasteiger partial charge is 0.152 e. The highest BCUT2D eigenvalue weighted by molar-refractivity contribution is 7.91. The van der Waals surface area contributed by atoms with Gasteiger partial charge in [-0.05, 0) is 24.6 Å². The van der Waals surface area contributed by atoms with Gasteiger partial charge in [0, 0.05) is 17.4 Å². The molecule has 0 spiro atoms. The van der Waals surface area contributed by atoms with E-state index in [1.54, 1.807) is 6.07 Å². The van der Waals surface area contributed by atoms with Crippen LogP contribution in [0.5, 0.6) is 0 Å². The number of hydrogen-bond donors (Lipinski definition) is 2. The van der Waals surface area contributed by atoms with Gasteiger partial charge in [0.2, 0.25) is 0 Å². The zero-order chi connectivity index (χ0) is 10.9. The number of rotatable bonds is 2. The van der Waals surface area contributed by atoms with Crippen molar-refractivity contribution in [3.8, 4) is 0 Å². The number of sulfone groups is 1. The van der Waals surface area contributed by atoms with Crippen LogP contribution in [0.4, 0.5) is 11.4 Å². The predicted octanol–water partition coefficient (Wildman–Crippen LogP) is 0.868. The Labute approximate surface area is 89.4 Å². The maximum absolute atomic E-state index is 11.2. The third-order valence-electron chi connectivity index (χ3n) is 2.49. The number of nitrogen functional groups attached to an aromatic ring is 1. The SMILES string of the molecule is Nc1cccc(NC2CCS(=O)(=O)C2)c1. The first-order chi connectivity index (χ1) is 7.05. The molecule has 1 aliphatic heterocycles. The summed E-state index contributed by atoms with van der Waals surface area (Å²) in [5, 5.41) is 3.18. The second-order valence-electron chi connectivity index (χ2n) is 3.87. The van der Waals surface area contributed by atoms with Gasteiger partial charge in [0.25, 0.3) is 0 Å². The van der Waals surface area contributed by atoms with Crippen molar-refractivity contribution < 1.29 is 8.42 Å². The highest BCUT2D eigenvalue weighted by Gasteiger charge is 2.27. The van der Waals surface area contributed by atoms with Crippen molar-refractivity contribution in [2.24, 2.45) is 0 Å². The second kappa shape index (κ2) is 3.73. The molecule has 1 atom stereocenters. The molecule has 82 valence electrons. The Morgan fingerprint density at radius 1 is 1.40 bits per heavy atom. The molecule has 0 aliphatic carbocycles. The van der Waals surface area contributed by atoms with Crippen molar-refractivity contribution in [2.45, 2.75) is 12.5 Å². The molecular formula is C10H14N2O2S. The Kier molecular flexibility index (Phi) is 2.56. The molecule has 3 N–H and O–H groups in total. The number of nitrogens with one attached hydrogen (secondary N) is 1. The molecule has 15 heavy (non-hydrogen) atoms. The average molecular weight is 226 g/mol. The van der Waals surface area contributed by atoms with Crippen LogP contribution >= 0.6 is 0 Å². The van der Waals surface area contributed by atoms with E-state index in [2.05, 4.69) is 5.32 Å². The highest BCUT2D eigenvalue weighted by Crippen LogP contribution is 2.18. The van der Waals surface area contributed by atoms with Gasteiger partial charge < -0.3 is 11.1 Å². The Morgan fingerprint density at radius 2 is 2.20 bits per heavy atom. The van der Waals surface area contributed by atoms with E-state index < -0.39 is 9.84 Å². The van der Waals surface area contributed by atoms with E-state index >= 15 is 0 Å². The van der Waals surface area contributed by atoms with Gasteiger partial charge in [-0.2, -0.15) is 0 Å². The van der Waals surface area contributed by atoms with Crippen molar-refractivity contribution >= 4 is 21.2 Å². The molecule has 1 saturated heterocycles. The van der Waals surface area contributed by atoms with Crippen LogP contribution < -0.4 is 11.1 Å². The summed E-state index contributed by atoms with van der Waals surface area (Å²) in [4.78, 5) is 0. The molecule has 1 aromatic carbocycles. The van der Waals surface area contributed by atoms with Crippen molar-refractivity contribution in [1.82, 2.24) is 0 Å². The lowest BCUT2D eigenvalue weighted by Gasteiger charge is -2.12. The fourth-order valence-corrected chi connectivity index (χ4v) is 3.45. The minimum Gasteiger partial charge on any atom is -0.399 e. The largest absolute Gasteiger partial charge is 0.399 e. The number of anilines is 2. The third kappa shape index (κ3) is 2.62. The summed E-state index contributed by atoms with van der Waals surface area (Å²) >= 11 is 0.